The normalized spacial score (nSPS) is 24.6. The Labute approximate surface area is 101 Å². The number of nitrogens with one attached hydrogen (secondary N) is 1. The summed E-state index contributed by atoms with van der Waals surface area (Å²) < 4.78 is 0. The van der Waals surface area contributed by atoms with Gasteiger partial charge < -0.3 is 11.1 Å². The maximum absolute atomic E-state index is 5.78. The van der Waals surface area contributed by atoms with Gasteiger partial charge in [0.15, 0.2) is 0 Å². The number of hydrogen-bond acceptors (Lipinski definition) is 3. The van der Waals surface area contributed by atoms with E-state index in [1.165, 1.54) is 19.3 Å². The van der Waals surface area contributed by atoms with E-state index in [9.17, 15) is 0 Å². The topological polar surface area (TPSA) is 50.9 Å². The van der Waals surface area contributed by atoms with E-state index in [0.717, 1.165) is 18.9 Å². The summed E-state index contributed by atoms with van der Waals surface area (Å²) in [5.74, 6) is 2.27. The van der Waals surface area contributed by atoms with Crippen molar-refractivity contribution < 1.29 is 0 Å². The van der Waals surface area contributed by atoms with Crippen LogP contribution in [0.15, 0.2) is 18.3 Å². The first-order valence-corrected chi connectivity index (χ1v) is 6.23. The number of nitrogens with two attached hydrogens (primary N) is 1. The quantitative estimate of drug-likeness (QED) is 0.849. The summed E-state index contributed by atoms with van der Waals surface area (Å²) in [5.41, 5.74) is 5.75. The van der Waals surface area contributed by atoms with Crippen LogP contribution in [-0.4, -0.2) is 18.1 Å². The Kier molecular flexibility index (Phi) is 4.02. The average molecular weight is 240 g/mol. The summed E-state index contributed by atoms with van der Waals surface area (Å²) in [6, 6.07) is 3.76. The Hall–Kier alpha value is -0.800. The van der Waals surface area contributed by atoms with E-state index >= 15 is 0 Å². The van der Waals surface area contributed by atoms with Crippen molar-refractivity contribution in [3.8, 4) is 0 Å². The van der Waals surface area contributed by atoms with Gasteiger partial charge in [0.1, 0.15) is 5.82 Å². The Bertz CT molecular complexity index is 326. The van der Waals surface area contributed by atoms with E-state index in [1.807, 2.05) is 12.1 Å². The van der Waals surface area contributed by atoms with Crippen molar-refractivity contribution in [2.45, 2.75) is 19.3 Å². The molecule has 88 valence electrons. The average Bonchev–Trinajstić information content (AvgIpc) is 2.76. The van der Waals surface area contributed by atoms with Gasteiger partial charge in [-0.2, -0.15) is 0 Å². The molecule has 0 saturated heterocycles. The van der Waals surface area contributed by atoms with Crippen molar-refractivity contribution in [2.24, 2.45) is 17.6 Å². The molecule has 3 nitrogen and oxygen atoms in total. The van der Waals surface area contributed by atoms with Crippen LogP contribution in [0, 0.1) is 11.8 Å². The van der Waals surface area contributed by atoms with Gasteiger partial charge in [-0.1, -0.05) is 18.0 Å². The minimum Gasteiger partial charge on any atom is -0.370 e. The third-order valence-corrected chi connectivity index (χ3v) is 3.62. The van der Waals surface area contributed by atoms with Crippen LogP contribution in [0.4, 0.5) is 5.82 Å². The second kappa shape index (κ2) is 5.51. The summed E-state index contributed by atoms with van der Waals surface area (Å²) in [6.07, 6.45) is 5.53. The highest BCUT2D eigenvalue weighted by molar-refractivity contribution is 6.30. The van der Waals surface area contributed by atoms with E-state index in [0.29, 0.717) is 16.9 Å². The zero-order valence-corrected chi connectivity index (χ0v) is 10.1. The molecular formula is C12H18ClN3. The van der Waals surface area contributed by atoms with Gasteiger partial charge in [-0.3, -0.25) is 0 Å². The van der Waals surface area contributed by atoms with Crippen LogP contribution in [0.2, 0.25) is 5.02 Å². The minimum atomic E-state index is 0.672. The lowest BCUT2D eigenvalue weighted by molar-refractivity contribution is 0.414. The molecule has 16 heavy (non-hydrogen) atoms. The smallest absolute Gasteiger partial charge is 0.125 e. The highest BCUT2D eigenvalue weighted by Crippen LogP contribution is 2.30. The third-order valence-electron chi connectivity index (χ3n) is 3.39. The lowest BCUT2D eigenvalue weighted by Gasteiger charge is -2.18. The summed E-state index contributed by atoms with van der Waals surface area (Å²) in [5, 5.41) is 4.03. The van der Waals surface area contributed by atoms with Crippen molar-refractivity contribution >= 4 is 17.4 Å². The van der Waals surface area contributed by atoms with Gasteiger partial charge in [-0.25, -0.2) is 4.98 Å². The molecule has 1 aromatic rings. The Morgan fingerprint density at radius 3 is 2.88 bits per heavy atom. The van der Waals surface area contributed by atoms with Crippen molar-refractivity contribution in [2.75, 3.05) is 18.4 Å². The van der Waals surface area contributed by atoms with Gasteiger partial charge in [0.2, 0.25) is 0 Å². The van der Waals surface area contributed by atoms with Crippen molar-refractivity contribution in [3.05, 3.63) is 23.4 Å². The predicted octanol–water partition coefficient (Wildman–Crippen LogP) is 2.52. The van der Waals surface area contributed by atoms with Crippen molar-refractivity contribution in [1.82, 2.24) is 4.98 Å². The second-order valence-electron chi connectivity index (χ2n) is 4.43. The fourth-order valence-corrected chi connectivity index (χ4v) is 2.52. The summed E-state index contributed by atoms with van der Waals surface area (Å²) >= 11 is 5.78. The largest absolute Gasteiger partial charge is 0.370 e. The van der Waals surface area contributed by atoms with Gasteiger partial charge in [0.25, 0.3) is 0 Å². The van der Waals surface area contributed by atoms with Gasteiger partial charge >= 0.3 is 0 Å². The van der Waals surface area contributed by atoms with E-state index in [4.69, 9.17) is 17.3 Å². The van der Waals surface area contributed by atoms with E-state index in [2.05, 4.69) is 10.3 Å². The second-order valence-corrected chi connectivity index (χ2v) is 4.87. The molecule has 0 spiro atoms. The van der Waals surface area contributed by atoms with Crippen molar-refractivity contribution in [3.63, 3.8) is 0 Å². The summed E-state index contributed by atoms with van der Waals surface area (Å²) in [7, 11) is 0. The molecular weight excluding hydrogens is 222 g/mol. The standard InChI is InChI=1S/C12H18ClN3/c13-11-4-5-12(16-8-11)15-7-10-3-1-2-9(10)6-14/h4-5,8-10H,1-3,6-7,14H2,(H,15,16). The highest BCUT2D eigenvalue weighted by atomic mass is 35.5. The third kappa shape index (κ3) is 2.86. The molecule has 0 radical (unpaired) electrons. The van der Waals surface area contributed by atoms with Crippen LogP contribution < -0.4 is 11.1 Å². The molecule has 3 N–H and O–H groups in total. The highest BCUT2D eigenvalue weighted by Gasteiger charge is 2.25. The number of pyridine rings is 1. The van der Waals surface area contributed by atoms with E-state index in [-0.39, 0.29) is 0 Å². The summed E-state index contributed by atoms with van der Waals surface area (Å²) in [4.78, 5) is 4.22. The monoisotopic (exact) mass is 239 g/mol. The van der Waals surface area contributed by atoms with Crippen LogP contribution in [-0.2, 0) is 0 Å². The van der Waals surface area contributed by atoms with E-state index < -0.39 is 0 Å². The fourth-order valence-electron chi connectivity index (χ4n) is 2.41. The van der Waals surface area contributed by atoms with Crippen LogP contribution in [0.25, 0.3) is 0 Å². The fraction of sp³-hybridized carbons (Fsp3) is 0.583. The van der Waals surface area contributed by atoms with Gasteiger partial charge in [-0.15, -0.1) is 0 Å². The minimum absolute atomic E-state index is 0.672. The first-order chi connectivity index (χ1) is 7.79. The number of hydrogen-bond donors (Lipinski definition) is 2. The molecule has 2 atom stereocenters. The number of rotatable bonds is 4. The van der Waals surface area contributed by atoms with Crippen LogP contribution >= 0.6 is 11.6 Å². The molecule has 0 amide bonds. The van der Waals surface area contributed by atoms with E-state index in [1.54, 1.807) is 6.20 Å². The Balaban J connectivity index is 1.85. The van der Waals surface area contributed by atoms with Crippen molar-refractivity contribution in [1.29, 1.82) is 0 Å². The SMILES string of the molecule is NCC1CCCC1CNc1ccc(Cl)cn1. The van der Waals surface area contributed by atoms with Crippen LogP contribution in [0.1, 0.15) is 19.3 Å². The molecule has 2 rings (SSSR count). The zero-order chi connectivity index (χ0) is 11.4. The van der Waals surface area contributed by atoms with Gasteiger partial charge in [0, 0.05) is 12.7 Å². The molecule has 1 aliphatic rings. The molecule has 0 aromatic carbocycles. The lowest BCUT2D eigenvalue weighted by atomic mass is 9.96. The molecule has 1 aliphatic carbocycles. The van der Waals surface area contributed by atoms with Gasteiger partial charge in [-0.05, 0) is 43.4 Å². The molecule has 4 heteroatoms. The maximum atomic E-state index is 5.78. The zero-order valence-electron chi connectivity index (χ0n) is 9.32. The number of aromatic nitrogens is 1. The number of anilines is 1. The molecule has 1 heterocycles. The molecule has 0 bridgehead atoms. The maximum Gasteiger partial charge on any atom is 0.125 e. The first-order valence-electron chi connectivity index (χ1n) is 5.85. The molecule has 2 unspecified atom stereocenters. The number of halogens is 1. The predicted molar refractivity (Wildman–Crippen MR) is 67.6 cm³/mol. The van der Waals surface area contributed by atoms with Crippen LogP contribution in [0.5, 0.6) is 0 Å². The molecule has 1 saturated carbocycles. The number of nitrogens with zero attached hydrogens (tertiary/aromatic N) is 1. The first kappa shape index (κ1) is 11.7. The summed E-state index contributed by atoms with van der Waals surface area (Å²) in [6.45, 7) is 1.77. The molecule has 1 fully saturated rings. The lowest BCUT2D eigenvalue weighted by Crippen LogP contribution is -2.24. The molecule has 0 aliphatic heterocycles. The van der Waals surface area contributed by atoms with Crippen LogP contribution in [0.3, 0.4) is 0 Å². The Morgan fingerprint density at radius 2 is 2.19 bits per heavy atom. The molecule has 1 aromatic heterocycles. The van der Waals surface area contributed by atoms with Gasteiger partial charge in [0.05, 0.1) is 5.02 Å². The Morgan fingerprint density at radius 1 is 1.38 bits per heavy atom.